The van der Waals surface area contributed by atoms with Crippen molar-refractivity contribution >= 4 is 11.9 Å². The van der Waals surface area contributed by atoms with Crippen LogP contribution in [0.15, 0.2) is 72.9 Å². The Labute approximate surface area is 381 Å². The second-order valence-electron chi connectivity index (χ2n) is 17.8. The number of hydrogen-bond acceptors (Lipinski definition) is 17. The van der Waals surface area contributed by atoms with Crippen LogP contribution in [0.1, 0.15) is 91.9 Å². The van der Waals surface area contributed by atoms with Crippen molar-refractivity contribution in [2.24, 2.45) is 23.5 Å². The maximum atomic E-state index is 12.6. The summed E-state index contributed by atoms with van der Waals surface area (Å²) in [4.78, 5) is 25.1. The summed E-state index contributed by atoms with van der Waals surface area (Å²) in [5.74, 6) is -6.82. The summed E-state index contributed by atoms with van der Waals surface area (Å²) in [5, 5.41) is 118. The number of rotatable bonds is 3. The largest absolute Gasteiger partial charge is 0.481 e. The van der Waals surface area contributed by atoms with Gasteiger partial charge >= 0.3 is 11.9 Å². The molecule has 0 radical (unpaired) electrons. The average Bonchev–Trinajstić information content (AvgIpc) is 3.21. The van der Waals surface area contributed by atoms with Gasteiger partial charge in [0.2, 0.25) is 0 Å². The van der Waals surface area contributed by atoms with Gasteiger partial charge in [-0.25, -0.2) is 0 Å². The molecular weight excluding hydrogens is 851 g/mol. The van der Waals surface area contributed by atoms with Gasteiger partial charge < -0.3 is 80.9 Å². The Morgan fingerprint density at radius 2 is 1.28 bits per heavy atom. The molecule has 19 atom stereocenters. The molecule has 2 bridgehead atoms. The molecular formula is C47H75NO17. The molecule has 0 aromatic rings. The van der Waals surface area contributed by atoms with E-state index in [2.05, 4.69) is 0 Å². The number of aliphatic hydroxyl groups is 10. The number of hydrogen-bond donors (Lipinski definition) is 12. The standard InChI is InChI=1S/C47H75NO17/c1-27-17-15-13-11-9-7-5-6-8-10-12-14-16-18-34(64-46-44(58)41(48)43(57)30(4)63-46)24-38-40(45(59)60)37(54)26-47(61,65-38)25-36(53)35(52)20-19-31(49)21-32(50)22-33(51)23-39(55)62-29(3)28(2)42(27)56/h5-6,8,10-18,27-38,40-44,46,49-54,56-58,61H,7,9,19-26,48H2,1-4H3,(H,59,60)/b6-5+,10-8+,13-11+,14-12+,17-15+,18-16+/t27-,28+,29-,30-,31+,32+,33+,34+,35-,36+,37+,38-,40+,41+,42-,43-,44+,46+,47+/m1/s1. The van der Waals surface area contributed by atoms with Crippen LogP contribution in [0, 0.1) is 17.8 Å². The van der Waals surface area contributed by atoms with E-state index in [1.54, 1.807) is 38.2 Å². The SMILES string of the molecule is C[C@@H]1[C@H](O)[C@H](C)/C=C/C=C/CC/C=C/C=C/C=C/C=C/[C@H](O[C@@H]2O[C@H](C)[C@@H](O)[C@H](N)[C@@H]2O)C[C@H]2O[C@](O)(C[C@H](O)[C@@H]2C(=O)O)C[C@H](O)[C@H](O)CC[C@H](O)C[C@H](O)C[C@H](O)CC(=O)O[C@@H]1C. The number of esters is 1. The first-order valence-corrected chi connectivity index (χ1v) is 22.6. The molecule has 0 unspecified atom stereocenters. The van der Waals surface area contributed by atoms with Crippen LogP contribution in [0.25, 0.3) is 0 Å². The van der Waals surface area contributed by atoms with Crippen molar-refractivity contribution in [1.29, 1.82) is 0 Å². The third kappa shape index (κ3) is 18.8. The number of carboxylic acid groups (broad SMARTS) is 1. The Morgan fingerprint density at radius 1 is 0.692 bits per heavy atom. The van der Waals surface area contributed by atoms with E-state index in [9.17, 15) is 65.8 Å². The van der Waals surface area contributed by atoms with Gasteiger partial charge in [-0.1, -0.05) is 86.8 Å². The third-order valence-electron chi connectivity index (χ3n) is 12.2. The number of aliphatic carboxylic acids is 1. The summed E-state index contributed by atoms with van der Waals surface area (Å²) in [7, 11) is 0. The fourth-order valence-corrected chi connectivity index (χ4v) is 8.11. The Hall–Kier alpha value is -3.18. The molecule has 3 rings (SSSR count). The van der Waals surface area contributed by atoms with Crippen LogP contribution in [0.3, 0.4) is 0 Å². The minimum absolute atomic E-state index is 0.138. The lowest BCUT2D eigenvalue weighted by atomic mass is 9.82. The Balaban J connectivity index is 1.84. The summed E-state index contributed by atoms with van der Waals surface area (Å²) >= 11 is 0. The highest BCUT2D eigenvalue weighted by Gasteiger charge is 2.51. The van der Waals surface area contributed by atoms with E-state index in [0.29, 0.717) is 0 Å². The number of aliphatic hydroxyl groups excluding tert-OH is 9. The van der Waals surface area contributed by atoms with Gasteiger partial charge in [-0.2, -0.15) is 0 Å². The molecule has 3 aliphatic heterocycles. The molecule has 0 aliphatic carbocycles. The average molecular weight is 926 g/mol. The van der Waals surface area contributed by atoms with Crippen LogP contribution < -0.4 is 5.73 Å². The number of fused-ring (bicyclic) bond motifs is 2. The first-order chi connectivity index (χ1) is 30.6. The van der Waals surface area contributed by atoms with Crippen molar-refractivity contribution in [1.82, 2.24) is 0 Å². The highest BCUT2D eigenvalue weighted by molar-refractivity contribution is 5.71. The number of carbonyl (C=O) groups is 2. The lowest BCUT2D eigenvalue weighted by molar-refractivity contribution is -0.310. The van der Waals surface area contributed by atoms with E-state index in [-0.39, 0.29) is 38.0 Å². The number of carbonyl (C=O) groups excluding carboxylic acids is 1. The number of allylic oxidation sites excluding steroid dienone is 10. The van der Waals surface area contributed by atoms with E-state index < -0.39 is 141 Å². The van der Waals surface area contributed by atoms with Crippen molar-refractivity contribution in [3.05, 3.63) is 72.9 Å². The topological polar surface area (TPSA) is 320 Å². The van der Waals surface area contributed by atoms with Gasteiger partial charge in [-0.15, -0.1) is 0 Å². The first-order valence-electron chi connectivity index (χ1n) is 22.6. The Bertz CT molecular complexity index is 1620. The van der Waals surface area contributed by atoms with E-state index in [0.717, 1.165) is 12.8 Å². The molecule has 13 N–H and O–H groups in total. The van der Waals surface area contributed by atoms with Gasteiger partial charge in [-0.05, 0) is 52.4 Å². The second-order valence-corrected chi connectivity index (χ2v) is 17.8. The fraction of sp³-hybridized carbons (Fsp3) is 0.702. The number of nitrogens with two attached hydrogens (primary N) is 1. The summed E-state index contributed by atoms with van der Waals surface area (Å²) in [5.41, 5.74) is 6.02. The normalized spacial score (nSPS) is 45.2. The summed E-state index contributed by atoms with van der Waals surface area (Å²) < 4.78 is 23.2. The van der Waals surface area contributed by atoms with Crippen LogP contribution in [0.2, 0.25) is 0 Å². The molecule has 3 heterocycles. The predicted molar refractivity (Wildman–Crippen MR) is 237 cm³/mol. The van der Waals surface area contributed by atoms with Gasteiger partial charge in [0.05, 0.1) is 79.6 Å². The van der Waals surface area contributed by atoms with E-state index in [4.69, 9.17) is 24.7 Å². The zero-order chi connectivity index (χ0) is 48.4. The highest BCUT2D eigenvalue weighted by Crippen LogP contribution is 2.38. The fourth-order valence-electron chi connectivity index (χ4n) is 8.11. The van der Waals surface area contributed by atoms with Crippen molar-refractivity contribution in [2.45, 2.75) is 189 Å². The lowest BCUT2D eigenvalue weighted by Gasteiger charge is -2.45. The van der Waals surface area contributed by atoms with E-state index in [1.807, 2.05) is 49.5 Å². The number of carboxylic acids is 1. The lowest BCUT2D eigenvalue weighted by Crippen LogP contribution is -2.61. The van der Waals surface area contributed by atoms with Crippen LogP contribution >= 0.6 is 0 Å². The molecule has 18 nitrogen and oxygen atoms in total. The maximum Gasteiger partial charge on any atom is 0.311 e. The molecule has 3 aliphatic rings. The minimum Gasteiger partial charge on any atom is -0.481 e. The van der Waals surface area contributed by atoms with Gasteiger partial charge in [0.25, 0.3) is 0 Å². The van der Waals surface area contributed by atoms with Crippen molar-refractivity contribution in [3.8, 4) is 0 Å². The van der Waals surface area contributed by atoms with E-state index >= 15 is 0 Å². The van der Waals surface area contributed by atoms with Crippen molar-refractivity contribution < 1.29 is 84.7 Å². The van der Waals surface area contributed by atoms with Crippen LogP contribution in [-0.2, 0) is 28.5 Å². The molecule has 0 spiro atoms. The van der Waals surface area contributed by atoms with Crippen molar-refractivity contribution in [3.63, 3.8) is 0 Å². The molecule has 65 heavy (non-hydrogen) atoms. The van der Waals surface area contributed by atoms with Crippen LogP contribution in [-0.4, -0.2) is 166 Å². The van der Waals surface area contributed by atoms with Crippen molar-refractivity contribution in [2.75, 3.05) is 0 Å². The van der Waals surface area contributed by atoms with Gasteiger partial charge in [-0.3, -0.25) is 9.59 Å². The minimum atomic E-state index is -2.35. The molecule has 0 amide bonds. The Morgan fingerprint density at radius 3 is 1.94 bits per heavy atom. The zero-order valence-corrected chi connectivity index (χ0v) is 37.8. The number of ether oxygens (including phenoxy) is 4. The summed E-state index contributed by atoms with van der Waals surface area (Å²) in [6, 6.07) is -1.14. The van der Waals surface area contributed by atoms with Gasteiger partial charge in [0.15, 0.2) is 12.1 Å². The molecule has 370 valence electrons. The molecule has 0 saturated carbocycles. The zero-order valence-electron chi connectivity index (χ0n) is 37.8. The summed E-state index contributed by atoms with van der Waals surface area (Å²) in [6.45, 7) is 6.78. The van der Waals surface area contributed by atoms with E-state index in [1.165, 1.54) is 13.0 Å². The van der Waals surface area contributed by atoms with Gasteiger partial charge in [0.1, 0.15) is 18.1 Å². The first kappa shape index (κ1) is 56.1. The quantitative estimate of drug-likeness (QED) is 0.175. The molecule has 2 saturated heterocycles. The highest BCUT2D eigenvalue weighted by atomic mass is 16.7. The maximum absolute atomic E-state index is 12.6. The second kappa shape index (κ2) is 27.6. The molecule has 0 aromatic heterocycles. The Kier molecular flexibility index (Phi) is 23.8. The van der Waals surface area contributed by atoms with Crippen LogP contribution in [0.5, 0.6) is 0 Å². The third-order valence-corrected chi connectivity index (χ3v) is 12.2. The summed E-state index contributed by atoms with van der Waals surface area (Å²) in [6.07, 6.45) is 2.28. The number of cyclic esters (lactones) is 1. The van der Waals surface area contributed by atoms with Gasteiger partial charge in [0, 0.05) is 31.1 Å². The molecule has 2 fully saturated rings. The molecule has 0 aromatic carbocycles. The monoisotopic (exact) mass is 926 g/mol. The predicted octanol–water partition coefficient (Wildman–Crippen LogP) is 0.936. The smallest absolute Gasteiger partial charge is 0.311 e. The van der Waals surface area contributed by atoms with Crippen LogP contribution in [0.4, 0.5) is 0 Å². The molecule has 18 heteroatoms.